The Kier molecular flexibility index (Phi) is 6.47. The number of hydrazone groups is 1. The van der Waals surface area contributed by atoms with Crippen LogP contribution in [0.1, 0.15) is 27.2 Å². The number of nitrogens with one attached hydrogen (secondary N) is 3. The van der Waals surface area contributed by atoms with Crippen LogP contribution < -0.4 is 21.0 Å². The molecule has 0 saturated carbocycles. The zero-order valence-electron chi connectivity index (χ0n) is 18.5. The second-order valence-electron chi connectivity index (χ2n) is 8.24. The summed E-state index contributed by atoms with van der Waals surface area (Å²) in [5.74, 6) is 1.15. The molecule has 4 heterocycles. The summed E-state index contributed by atoms with van der Waals surface area (Å²) < 4.78 is 6.42. The van der Waals surface area contributed by atoms with E-state index in [2.05, 4.69) is 37.1 Å². The molecule has 33 heavy (non-hydrogen) atoms. The molecule has 9 nitrogen and oxygen atoms in total. The van der Waals surface area contributed by atoms with E-state index >= 15 is 0 Å². The molecule has 0 bridgehead atoms. The maximum absolute atomic E-state index is 12.8. The zero-order chi connectivity index (χ0) is 22.6. The van der Waals surface area contributed by atoms with Crippen LogP contribution in [0.4, 0.5) is 11.8 Å². The molecule has 5 rings (SSSR count). The van der Waals surface area contributed by atoms with Gasteiger partial charge in [-0.15, -0.1) is 11.3 Å². The van der Waals surface area contributed by atoms with E-state index in [1.165, 1.54) is 16.9 Å². The number of thiophene rings is 1. The summed E-state index contributed by atoms with van der Waals surface area (Å²) in [6.07, 6.45) is 2.69. The summed E-state index contributed by atoms with van der Waals surface area (Å²) in [7, 11) is 0. The summed E-state index contributed by atoms with van der Waals surface area (Å²) >= 11 is 1.43. The number of aryl methyl sites for hydroxylation is 1. The topological polar surface area (TPSA) is 104 Å². The number of carbonyl (C=O) groups excluding carboxylic acids is 1. The summed E-state index contributed by atoms with van der Waals surface area (Å²) in [5.41, 5.74) is 5.87. The van der Waals surface area contributed by atoms with Gasteiger partial charge in [-0.3, -0.25) is 4.79 Å². The fourth-order valence-corrected chi connectivity index (χ4v) is 5.03. The number of fused-ring (bicyclic) bond motifs is 1. The van der Waals surface area contributed by atoms with Gasteiger partial charge in [0.2, 0.25) is 5.95 Å². The lowest BCUT2D eigenvalue weighted by atomic mass is 10.2. The van der Waals surface area contributed by atoms with Gasteiger partial charge in [-0.25, -0.2) is 10.4 Å². The molecule has 0 aliphatic carbocycles. The lowest BCUT2D eigenvalue weighted by Crippen LogP contribution is -2.37. The highest BCUT2D eigenvalue weighted by Crippen LogP contribution is 2.33. The van der Waals surface area contributed by atoms with Crippen LogP contribution in [0.3, 0.4) is 0 Å². The number of hydrogen-bond donors (Lipinski definition) is 3. The Labute approximate surface area is 196 Å². The number of benzene rings is 1. The molecule has 3 N–H and O–H groups in total. The van der Waals surface area contributed by atoms with E-state index in [4.69, 9.17) is 9.72 Å². The van der Waals surface area contributed by atoms with Gasteiger partial charge in [0, 0.05) is 25.7 Å². The number of hydrogen-bond acceptors (Lipinski definition) is 9. The van der Waals surface area contributed by atoms with Crippen molar-refractivity contribution in [2.24, 2.45) is 5.10 Å². The third-order valence-corrected chi connectivity index (χ3v) is 6.82. The van der Waals surface area contributed by atoms with Crippen molar-refractivity contribution in [1.82, 2.24) is 20.6 Å². The van der Waals surface area contributed by atoms with Crippen molar-refractivity contribution in [2.45, 2.75) is 19.4 Å². The van der Waals surface area contributed by atoms with E-state index in [9.17, 15) is 4.79 Å². The molecule has 10 heteroatoms. The SMILES string of the molecule is Cc1cccc(/C=N/Nc2nc(N3CCOCC3)c3sc(C(=O)NC4CCNC4)cc3n2)c1. The molecule has 1 aromatic carbocycles. The maximum Gasteiger partial charge on any atom is 0.261 e. The van der Waals surface area contributed by atoms with Crippen LogP contribution in [0.15, 0.2) is 35.4 Å². The molecule has 0 radical (unpaired) electrons. The third kappa shape index (κ3) is 5.13. The summed E-state index contributed by atoms with van der Waals surface area (Å²) in [5, 5.41) is 10.7. The summed E-state index contributed by atoms with van der Waals surface area (Å²) in [6.45, 7) is 6.56. The molecule has 1 amide bonds. The number of carbonyl (C=O) groups is 1. The van der Waals surface area contributed by atoms with Crippen molar-refractivity contribution >= 4 is 45.4 Å². The lowest BCUT2D eigenvalue weighted by molar-refractivity contribution is 0.0944. The minimum Gasteiger partial charge on any atom is -0.378 e. The Morgan fingerprint density at radius 1 is 1.30 bits per heavy atom. The number of nitrogens with zero attached hydrogens (tertiary/aromatic N) is 4. The monoisotopic (exact) mass is 465 g/mol. The average Bonchev–Trinajstić information content (AvgIpc) is 3.49. The molecular formula is C23H27N7O2S. The van der Waals surface area contributed by atoms with Crippen LogP contribution in [0, 0.1) is 6.92 Å². The minimum atomic E-state index is -0.0633. The van der Waals surface area contributed by atoms with Gasteiger partial charge >= 0.3 is 0 Å². The third-order valence-electron chi connectivity index (χ3n) is 5.70. The first-order valence-corrected chi connectivity index (χ1v) is 12.0. The smallest absolute Gasteiger partial charge is 0.261 e. The van der Waals surface area contributed by atoms with E-state index in [1.54, 1.807) is 6.21 Å². The van der Waals surface area contributed by atoms with Gasteiger partial charge in [0.25, 0.3) is 5.91 Å². The van der Waals surface area contributed by atoms with E-state index in [1.807, 2.05) is 31.2 Å². The highest BCUT2D eigenvalue weighted by atomic mass is 32.1. The van der Waals surface area contributed by atoms with Crippen molar-refractivity contribution in [3.63, 3.8) is 0 Å². The predicted molar refractivity (Wildman–Crippen MR) is 132 cm³/mol. The number of anilines is 2. The van der Waals surface area contributed by atoms with Gasteiger partial charge in [-0.1, -0.05) is 29.8 Å². The molecule has 2 aromatic heterocycles. The highest BCUT2D eigenvalue weighted by molar-refractivity contribution is 7.21. The first kappa shape index (κ1) is 21.7. The number of rotatable bonds is 6. The molecule has 0 spiro atoms. The van der Waals surface area contributed by atoms with Crippen LogP contribution in [-0.4, -0.2) is 67.5 Å². The normalized spacial score (nSPS) is 18.8. The standard InChI is InChI=1S/C23H27N7O2S/c1-15-3-2-4-16(11-15)13-25-29-23-27-18-12-19(22(31)26-17-5-6-24-14-17)33-20(18)21(28-23)30-7-9-32-10-8-30/h2-4,11-13,17,24H,5-10,14H2,1H3,(H,26,31)(H,27,28,29)/b25-13+. The fourth-order valence-electron chi connectivity index (χ4n) is 4.02. The number of morpholine rings is 1. The Balaban J connectivity index is 1.43. The molecule has 1 atom stereocenters. The van der Waals surface area contributed by atoms with E-state index in [0.29, 0.717) is 24.0 Å². The van der Waals surface area contributed by atoms with Crippen molar-refractivity contribution in [1.29, 1.82) is 0 Å². The van der Waals surface area contributed by atoms with Gasteiger partial charge in [-0.2, -0.15) is 10.1 Å². The average molecular weight is 466 g/mol. The minimum absolute atomic E-state index is 0.0633. The largest absolute Gasteiger partial charge is 0.378 e. The van der Waals surface area contributed by atoms with Crippen molar-refractivity contribution < 1.29 is 9.53 Å². The Morgan fingerprint density at radius 2 is 2.18 bits per heavy atom. The van der Waals surface area contributed by atoms with Gasteiger partial charge in [-0.05, 0) is 31.5 Å². The quantitative estimate of drug-likeness (QED) is 0.379. The van der Waals surface area contributed by atoms with E-state index < -0.39 is 0 Å². The van der Waals surface area contributed by atoms with Gasteiger partial charge < -0.3 is 20.3 Å². The van der Waals surface area contributed by atoms with E-state index in [-0.39, 0.29) is 11.9 Å². The van der Waals surface area contributed by atoms with Crippen LogP contribution in [0.25, 0.3) is 10.2 Å². The molecule has 2 aliphatic rings. The summed E-state index contributed by atoms with van der Waals surface area (Å²) in [6, 6.07) is 10.1. The van der Waals surface area contributed by atoms with Crippen LogP contribution in [0.2, 0.25) is 0 Å². The molecule has 2 aliphatic heterocycles. The van der Waals surface area contributed by atoms with E-state index in [0.717, 1.165) is 54.2 Å². The Bertz CT molecular complexity index is 1170. The van der Waals surface area contributed by atoms with Crippen LogP contribution in [0.5, 0.6) is 0 Å². The highest BCUT2D eigenvalue weighted by Gasteiger charge is 2.23. The van der Waals surface area contributed by atoms with Crippen molar-refractivity contribution in [3.8, 4) is 0 Å². The maximum atomic E-state index is 12.8. The number of aromatic nitrogens is 2. The second kappa shape index (κ2) is 9.82. The molecular weight excluding hydrogens is 438 g/mol. The van der Waals surface area contributed by atoms with Crippen molar-refractivity contribution in [2.75, 3.05) is 49.7 Å². The fraction of sp³-hybridized carbons (Fsp3) is 0.391. The molecule has 3 aromatic rings. The zero-order valence-corrected chi connectivity index (χ0v) is 19.3. The van der Waals surface area contributed by atoms with Crippen LogP contribution in [-0.2, 0) is 4.74 Å². The first-order valence-electron chi connectivity index (χ1n) is 11.2. The first-order chi connectivity index (χ1) is 16.2. The number of ether oxygens (including phenoxy) is 1. The molecule has 1 unspecified atom stereocenters. The van der Waals surface area contributed by atoms with Crippen LogP contribution >= 0.6 is 11.3 Å². The van der Waals surface area contributed by atoms with Crippen molar-refractivity contribution in [3.05, 3.63) is 46.3 Å². The predicted octanol–water partition coefficient (Wildman–Crippen LogP) is 2.37. The lowest BCUT2D eigenvalue weighted by Gasteiger charge is -2.28. The Morgan fingerprint density at radius 3 is 2.97 bits per heavy atom. The second-order valence-corrected chi connectivity index (χ2v) is 9.29. The van der Waals surface area contributed by atoms with Gasteiger partial charge in [0.05, 0.1) is 34.5 Å². The number of amides is 1. The molecule has 172 valence electrons. The Hall–Kier alpha value is -3.08. The molecule has 2 fully saturated rings. The van der Waals surface area contributed by atoms with Gasteiger partial charge in [0.15, 0.2) is 5.82 Å². The van der Waals surface area contributed by atoms with Gasteiger partial charge in [0.1, 0.15) is 0 Å². The molecule has 2 saturated heterocycles. The summed E-state index contributed by atoms with van der Waals surface area (Å²) in [4.78, 5) is 25.1.